The van der Waals surface area contributed by atoms with E-state index in [-0.39, 0.29) is 0 Å². The van der Waals surface area contributed by atoms with Crippen molar-refractivity contribution in [2.45, 2.75) is 39.3 Å². The Morgan fingerprint density at radius 2 is 2.24 bits per heavy atom. The summed E-state index contributed by atoms with van der Waals surface area (Å²) in [5, 5.41) is 10.4. The van der Waals surface area contributed by atoms with Crippen LogP contribution in [0.3, 0.4) is 0 Å². The van der Waals surface area contributed by atoms with E-state index in [4.69, 9.17) is 11.6 Å². The zero-order valence-corrected chi connectivity index (χ0v) is 10.9. The van der Waals surface area contributed by atoms with Crippen LogP contribution in [0.5, 0.6) is 0 Å². The monoisotopic (exact) mass is 252 g/mol. The van der Waals surface area contributed by atoms with Crippen LogP contribution < -0.4 is 0 Å². The molecule has 0 aliphatic carbocycles. The standard InChI is InChI=1S/C13H17ClN2O/c1-3-4-7-16-12-6-5-10(14)8-11(12)15-13(16)9(2)17/h5-6,8-9,17H,3-4,7H2,1-2H3/t9-/m1/s1. The van der Waals surface area contributed by atoms with Crippen LogP contribution in [-0.4, -0.2) is 14.7 Å². The largest absolute Gasteiger partial charge is 0.385 e. The van der Waals surface area contributed by atoms with Gasteiger partial charge in [0.25, 0.3) is 0 Å². The lowest BCUT2D eigenvalue weighted by Gasteiger charge is -2.09. The van der Waals surface area contributed by atoms with Gasteiger partial charge >= 0.3 is 0 Å². The molecule has 1 aromatic carbocycles. The molecule has 1 heterocycles. The fraction of sp³-hybridized carbons (Fsp3) is 0.462. The first kappa shape index (κ1) is 12.4. The van der Waals surface area contributed by atoms with Gasteiger partial charge in [0, 0.05) is 11.6 Å². The number of halogens is 1. The molecule has 0 fully saturated rings. The number of unbranched alkanes of at least 4 members (excludes halogenated alkanes) is 1. The van der Waals surface area contributed by atoms with Crippen molar-refractivity contribution >= 4 is 22.6 Å². The molecule has 0 radical (unpaired) electrons. The molecule has 0 saturated carbocycles. The molecular formula is C13H17ClN2O. The molecule has 0 amide bonds. The van der Waals surface area contributed by atoms with Crippen LogP contribution in [0.2, 0.25) is 5.02 Å². The molecule has 4 heteroatoms. The van der Waals surface area contributed by atoms with Crippen molar-refractivity contribution in [3.05, 3.63) is 29.0 Å². The molecule has 2 rings (SSSR count). The zero-order valence-electron chi connectivity index (χ0n) is 10.2. The van der Waals surface area contributed by atoms with Gasteiger partial charge in [-0.05, 0) is 31.5 Å². The van der Waals surface area contributed by atoms with E-state index in [1.807, 2.05) is 18.2 Å². The number of imidazole rings is 1. The minimum Gasteiger partial charge on any atom is -0.385 e. The molecule has 17 heavy (non-hydrogen) atoms. The number of aliphatic hydroxyl groups is 1. The minimum absolute atomic E-state index is 0.557. The Hall–Kier alpha value is -1.06. The van der Waals surface area contributed by atoms with E-state index in [9.17, 15) is 5.11 Å². The van der Waals surface area contributed by atoms with Crippen LogP contribution in [0, 0.1) is 0 Å². The number of fused-ring (bicyclic) bond motifs is 1. The topological polar surface area (TPSA) is 38.0 Å². The second-order valence-corrected chi connectivity index (χ2v) is 4.72. The predicted molar refractivity (Wildman–Crippen MR) is 70.3 cm³/mol. The summed E-state index contributed by atoms with van der Waals surface area (Å²) in [5.74, 6) is 0.718. The van der Waals surface area contributed by atoms with Crippen LogP contribution in [0.1, 0.15) is 38.6 Å². The predicted octanol–water partition coefficient (Wildman–Crippen LogP) is 3.54. The van der Waals surface area contributed by atoms with Gasteiger partial charge in [-0.3, -0.25) is 0 Å². The molecule has 0 aliphatic heterocycles. The third-order valence-corrected chi connectivity index (χ3v) is 3.08. The number of rotatable bonds is 4. The number of aryl methyl sites for hydroxylation is 1. The molecule has 1 aromatic heterocycles. The van der Waals surface area contributed by atoms with Crippen LogP contribution in [0.25, 0.3) is 11.0 Å². The van der Waals surface area contributed by atoms with Crippen molar-refractivity contribution in [1.29, 1.82) is 0 Å². The van der Waals surface area contributed by atoms with Gasteiger partial charge < -0.3 is 9.67 Å². The van der Waals surface area contributed by atoms with Gasteiger partial charge in [-0.25, -0.2) is 4.98 Å². The fourth-order valence-electron chi connectivity index (χ4n) is 1.99. The van der Waals surface area contributed by atoms with E-state index in [2.05, 4.69) is 16.5 Å². The maximum atomic E-state index is 9.76. The Kier molecular flexibility index (Phi) is 3.69. The van der Waals surface area contributed by atoms with Crippen molar-refractivity contribution in [3.8, 4) is 0 Å². The fourth-order valence-corrected chi connectivity index (χ4v) is 2.16. The molecule has 0 bridgehead atoms. The van der Waals surface area contributed by atoms with Crippen LogP contribution in [-0.2, 0) is 6.54 Å². The number of benzene rings is 1. The second kappa shape index (κ2) is 5.07. The average Bonchev–Trinajstić information content (AvgIpc) is 2.64. The second-order valence-electron chi connectivity index (χ2n) is 4.28. The van der Waals surface area contributed by atoms with Crippen molar-refractivity contribution in [2.75, 3.05) is 0 Å². The van der Waals surface area contributed by atoms with E-state index >= 15 is 0 Å². The number of hydrogen-bond donors (Lipinski definition) is 1. The third-order valence-electron chi connectivity index (χ3n) is 2.85. The molecule has 3 nitrogen and oxygen atoms in total. The molecule has 2 aromatic rings. The van der Waals surface area contributed by atoms with Crippen molar-refractivity contribution < 1.29 is 5.11 Å². The molecule has 92 valence electrons. The summed E-state index contributed by atoms with van der Waals surface area (Å²) in [4.78, 5) is 4.45. The molecule has 0 saturated heterocycles. The number of aliphatic hydroxyl groups excluding tert-OH is 1. The van der Waals surface area contributed by atoms with E-state index in [0.717, 1.165) is 36.2 Å². The van der Waals surface area contributed by atoms with E-state index in [1.54, 1.807) is 6.92 Å². The highest BCUT2D eigenvalue weighted by molar-refractivity contribution is 6.31. The summed E-state index contributed by atoms with van der Waals surface area (Å²) in [6.45, 7) is 4.78. The summed E-state index contributed by atoms with van der Waals surface area (Å²) in [5.41, 5.74) is 1.89. The summed E-state index contributed by atoms with van der Waals surface area (Å²) in [7, 11) is 0. The molecule has 1 N–H and O–H groups in total. The Labute approximate surface area is 106 Å². The Balaban J connectivity index is 2.54. The normalized spacial score (nSPS) is 13.2. The van der Waals surface area contributed by atoms with Gasteiger partial charge in [0.1, 0.15) is 11.9 Å². The number of aromatic nitrogens is 2. The summed E-state index contributed by atoms with van der Waals surface area (Å²) < 4.78 is 2.08. The number of hydrogen-bond acceptors (Lipinski definition) is 2. The highest BCUT2D eigenvalue weighted by Gasteiger charge is 2.14. The first-order chi connectivity index (χ1) is 8.13. The SMILES string of the molecule is CCCCn1c([C@@H](C)O)nc2cc(Cl)ccc21. The molecule has 0 aliphatic rings. The van der Waals surface area contributed by atoms with E-state index < -0.39 is 6.10 Å². The van der Waals surface area contributed by atoms with Gasteiger partial charge in [-0.2, -0.15) is 0 Å². The lowest BCUT2D eigenvalue weighted by Crippen LogP contribution is -2.06. The molecule has 1 atom stereocenters. The van der Waals surface area contributed by atoms with Crippen LogP contribution in [0.4, 0.5) is 0 Å². The van der Waals surface area contributed by atoms with Crippen LogP contribution in [0.15, 0.2) is 18.2 Å². The van der Waals surface area contributed by atoms with Crippen molar-refractivity contribution in [1.82, 2.24) is 9.55 Å². The highest BCUT2D eigenvalue weighted by atomic mass is 35.5. The highest BCUT2D eigenvalue weighted by Crippen LogP contribution is 2.24. The van der Waals surface area contributed by atoms with Crippen molar-refractivity contribution in [2.24, 2.45) is 0 Å². The molecule has 0 spiro atoms. The quantitative estimate of drug-likeness (QED) is 0.904. The minimum atomic E-state index is -0.557. The number of nitrogens with zero attached hydrogens (tertiary/aromatic N) is 2. The van der Waals surface area contributed by atoms with Crippen LogP contribution >= 0.6 is 11.6 Å². The summed E-state index contributed by atoms with van der Waals surface area (Å²) in [6, 6.07) is 5.66. The van der Waals surface area contributed by atoms with E-state index in [0.29, 0.717) is 5.02 Å². The van der Waals surface area contributed by atoms with E-state index in [1.165, 1.54) is 0 Å². The summed E-state index contributed by atoms with van der Waals surface area (Å²) >= 11 is 5.95. The summed E-state index contributed by atoms with van der Waals surface area (Å²) in [6.07, 6.45) is 1.64. The molecule has 0 unspecified atom stereocenters. The van der Waals surface area contributed by atoms with Gasteiger partial charge in [0.2, 0.25) is 0 Å². The average molecular weight is 253 g/mol. The van der Waals surface area contributed by atoms with Gasteiger partial charge in [0.15, 0.2) is 0 Å². The Morgan fingerprint density at radius 1 is 1.47 bits per heavy atom. The first-order valence-corrected chi connectivity index (χ1v) is 6.35. The Morgan fingerprint density at radius 3 is 2.88 bits per heavy atom. The smallest absolute Gasteiger partial charge is 0.138 e. The maximum Gasteiger partial charge on any atom is 0.138 e. The zero-order chi connectivity index (χ0) is 12.4. The molecular weight excluding hydrogens is 236 g/mol. The first-order valence-electron chi connectivity index (χ1n) is 5.97. The Bertz CT molecular complexity index is 519. The van der Waals surface area contributed by atoms with Gasteiger partial charge in [-0.15, -0.1) is 0 Å². The van der Waals surface area contributed by atoms with Gasteiger partial charge in [0.05, 0.1) is 11.0 Å². The maximum absolute atomic E-state index is 9.76. The third kappa shape index (κ3) is 2.45. The van der Waals surface area contributed by atoms with Gasteiger partial charge in [-0.1, -0.05) is 24.9 Å². The van der Waals surface area contributed by atoms with Crippen molar-refractivity contribution in [3.63, 3.8) is 0 Å². The lowest BCUT2D eigenvalue weighted by atomic mass is 10.3. The lowest BCUT2D eigenvalue weighted by molar-refractivity contribution is 0.184.